The fraction of sp³-hybridized carbons (Fsp3) is 0.407. The van der Waals surface area contributed by atoms with Gasteiger partial charge in [0.1, 0.15) is 12.4 Å². The number of hydrogen-bond donors (Lipinski definition) is 2. The molecule has 1 unspecified atom stereocenters. The van der Waals surface area contributed by atoms with E-state index in [0.29, 0.717) is 39.3 Å². The lowest BCUT2D eigenvalue weighted by molar-refractivity contribution is -0.160. The number of nitrogens with one attached hydrogen (secondary N) is 2. The quantitative estimate of drug-likeness (QED) is 0.684. The Balaban J connectivity index is 1.45. The molecule has 1 fully saturated rings. The van der Waals surface area contributed by atoms with Crippen LogP contribution in [-0.4, -0.2) is 61.7 Å². The van der Waals surface area contributed by atoms with Crippen LogP contribution in [0.3, 0.4) is 0 Å². The van der Waals surface area contributed by atoms with Crippen LogP contribution < -0.4 is 15.4 Å². The van der Waals surface area contributed by atoms with Crippen molar-refractivity contribution in [3.05, 3.63) is 71.3 Å². The number of allylic oxidation sites excluding steroid dienone is 1. The number of morpholine rings is 1. The number of carbonyl (C=O) groups is 2. The van der Waals surface area contributed by atoms with E-state index in [0.717, 1.165) is 34.5 Å². The number of fused-ring (bicyclic) bond motifs is 1. The lowest BCUT2D eigenvalue weighted by Crippen LogP contribution is -2.60. The molecule has 1 atom stereocenters. The maximum Gasteiger partial charge on any atom is 0.254 e. The van der Waals surface area contributed by atoms with Crippen molar-refractivity contribution in [3.8, 4) is 5.75 Å². The molecule has 7 heteroatoms. The third-order valence-corrected chi connectivity index (χ3v) is 6.36. The van der Waals surface area contributed by atoms with Gasteiger partial charge in [-0.15, -0.1) is 0 Å². The Labute approximate surface area is 201 Å². The van der Waals surface area contributed by atoms with Crippen molar-refractivity contribution in [2.45, 2.75) is 32.3 Å². The molecular weight excluding hydrogens is 430 g/mol. The standard InChI is InChI=1S/C27H33N3O4/c1-20-8-7-9-21(2)25(20)29-24(31)18-30-15-17-34-27(19-30)13-6-5-11-22-10-3-4-12-23(22)33-16-14-28-26(27)32/h3-10,12H,11,13-19H2,1-2H3,(H,28,32)(H,29,31)/b6-5+. The summed E-state index contributed by atoms with van der Waals surface area (Å²) >= 11 is 0. The lowest BCUT2D eigenvalue weighted by atomic mass is 9.94. The first-order chi connectivity index (χ1) is 16.5. The van der Waals surface area contributed by atoms with Gasteiger partial charge in [0, 0.05) is 25.2 Å². The van der Waals surface area contributed by atoms with Crippen LogP contribution in [0.2, 0.25) is 0 Å². The third kappa shape index (κ3) is 5.66. The molecule has 4 rings (SSSR count). The second-order valence-electron chi connectivity index (χ2n) is 8.96. The van der Waals surface area contributed by atoms with E-state index in [2.05, 4.69) is 16.7 Å². The summed E-state index contributed by atoms with van der Waals surface area (Å²) in [6.07, 6.45) is 5.21. The molecule has 0 aromatic heterocycles. The average Bonchev–Trinajstić information content (AvgIpc) is 2.82. The smallest absolute Gasteiger partial charge is 0.254 e. The van der Waals surface area contributed by atoms with Crippen LogP contribution in [0, 0.1) is 13.8 Å². The Morgan fingerprint density at radius 2 is 1.88 bits per heavy atom. The van der Waals surface area contributed by atoms with E-state index < -0.39 is 5.60 Å². The summed E-state index contributed by atoms with van der Waals surface area (Å²) in [7, 11) is 0. The first-order valence-corrected chi connectivity index (χ1v) is 11.8. The Hall–Kier alpha value is -3.16. The molecule has 2 heterocycles. The molecule has 2 aliphatic heterocycles. The Bertz CT molecular complexity index is 1050. The molecule has 2 amide bonds. The molecule has 1 saturated heterocycles. The van der Waals surface area contributed by atoms with Gasteiger partial charge in [0.05, 0.1) is 19.7 Å². The van der Waals surface area contributed by atoms with E-state index >= 15 is 0 Å². The Morgan fingerprint density at radius 1 is 1.09 bits per heavy atom. The van der Waals surface area contributed by atoms with Gasteiger partial charge in [-0.05, 0) is 43.0 Å². The number of ether oxygens (including phenoxy) is 2. The van der Waals surface area contributed by atoms with Gasteiger partial charge in [-0.25, -0.2) is 0 Å². The van der Waals surface area contributed by atoms with Gasteiger partial charge >= 0.3 is 0 Å². The molecule has 0 saturated carbocycles. The SMILES string of the molecule is Cc1cccc(C)c1NC(=O)CN1CCOC2(C/C=C/Cc3ccccc3OCCNC2=O)C1. The fourth-order valence-electron chi connectivity index (χ4n) is 4.52. The zero-order valence-electron chi connectivity index (χ0n) is 19.9. The first kappa shape index (κ1) is 24.0. The number of hydrogen-bond acceptors (Lipinski definition) is 5. The topological polar surface area (TPSA) is 79.9 Å². The van der Waals surface area contributed by atoms with E-state index in [9.17, 15) is 9.59 Å². The second kappa shape index (κ2) is 10.8. The number of benzene rings is 2. The summed E-state index contributed by atoms with van der Waals surface area (Å²) in [6, 6.07) is 13.9. The number of rotatable bonds is 3. The van der Waals surface area contributed by atoms with Gasteiger partial charge in [0.2, 0.25) is 5.91 Å². The summed E-state index contributed by atoms with van der Waals surface area (Å²) in [5, 5.41) is 6.01. The molecule has 2 N–H and O–H groups in total. The monoisotopic (exact) mass is 463 g/mol. The normalized spacial score (nSPS) is 22.5. The highest BCUT2D eigenvalue weighted by atomic mass is 16.5. The van der Waals surface area contributed by atoms with Gasteiger partial charge < -0.3 is 20.1 Å². The molecule has 180 valence electrons. The van der Waals surface area contributed by atoms with Gasteiger partial charge in [-0.3, -0.25) is 14.5 Å². The number of para-hydroxylation sites is 2. The highest BCUT2D eigenvalue weighted by Gasteiger charge is 2.43. The van der Waals surface area contributed by atoms with E-state index in [1.165, 1.54) is 0 Å². The molecule has 2 aliphatic rings. The Morgan fingerprint density at radius 3 is 2.71 bits per heavy atom. The maximum absolute atomic E-state index is 13.2. The van der Waals surface area contributed by atoms with Crippen LogP contribution in [0.5, 0.6) is 5.75 Å². The molecule has 0 bridgehead atoms. The number of aryl methyl sites for hydroxylation is 2. The third-order valence-electron chi connectivity index (χ3n) is 6.36. The van der Waals surface area contributed by atoms with Gasteiger partial charge in [0.15, 0.2) is 5.60 Å². The van der Waals surface area contributed by atoms with E-state index in [1.54, 1.807) is 0 Å². The van der Waals surface area contributed by atoms with Crippen molar-refractivity contribution in [1.29, 1.82) is 0 Å². The molecule has 1 spiro atoms. The summed E-state index contributed by atoms with van der Waals surface area (Å²) in [5.41, 5.74) is 2.97. The van der Waals surface area contributed by atoms with Gasteiger partial charge in [-0.2, -0.15) is 0 Å². The molecule has 0 radical (unpaired) electrons. The number of nitrogens with zero attached hydrogens (tertiary/aromatic N) is 1. The van der Waals surface area contributed by atoms with Crippen LogP contribution >= 0.6 is 0 Å². The van der Waals surface area contributed by atoms with E-state index in [1.807, 2.05) is 67.3 Å². The molecule has 2 aromatic rings. The fourth-order valence-corrected chi connectivity index (χ4v) is 4.52. The minimum absolute atomic E-state index is 0.0939. The molecule has 0 aliphatic carbocycles. The van der Waals surface area contributed by atoms with Crippen LogP contribution in [0.4, 0.5) is 5.69 Å². The zero-order chi connectivity index (χ0) is 24.0. The summed E-state index contributed by atoms with van der Waals surface area (Å²) < 4.78 is 12.0. The van der Waals surface area contributed by atoms with Crippen molar-refractivity contribution < 1.29 is 19.1 Å². The van der Waals surface area contributed by atoms with Crippen molar-refractivity contribution in [2.75, 3.05) is 44.7 Å². The van der Waals surface area contributed by atoms with Crippen molar-refractivity contribution in [3.63, 3.8) is 0 Å². The Kier molecular flexibility index (Phi) is 7.65. The second-order valence-corrected chi connectivity index (χ2v) is 8.96. The molecular formula is C27H33N3O4. The van der Waals surface area contributed by atoms with Crippen molar-refractivity contribution in [2.24, 2.45) is 0 Å². The largest absolute Gasteiger partial charge is 0.491 e. The van der Waals surface area contributed by atoms with Crippen LogP contribution in [0.15, 0.2) is 54.6 Å². The summed E-state index contributed by atoms with van der Waals surface area (Å²) in [5.74, 6) is 0.574. The van der Waals surface area contributed by atoms with Gasteiger partial charge in [-0.1, -0.05) is 48.6 Å². The summed E-state index contributed by atoms with van der Waals surface area (Å²) in [6.45, 7) is 6.26. The maximum atomic E-state index is 13.2. The molecule has 7 nitrogen and oxygen atoms in total. The highest BCUT2D eigenvalue weighted by molar-refractivity contribution is 5.94. The number of amides is 2. The highest BCUT2D eigenvalue weighted by Crippen LogP contribution is 2.25. The van der Waals surface area contributed by atoms with E-state index in [-0.39, 0.29) is 18.4 Å². The van der Waals surface area contributed by atoms with Crippen LogP contribution in [-0.2, 0) is 20.7 Å². The minimum atomic E-state index is -1.04. The number of carbonyl (C=O) groups excluding carboxylic acids is 2. The zero-order valence-corrected chi connectivity index (χ0v) is 19.9. The van der Waals surface area contributed by atoms with Crippen molar-refractivity contribution in [1.82, 2.24) is 10.2 Å². The average molecular weight is 464 g/mol. The summed E-state index contributed by atoms with van der Waals surface area (Å²) in [4.78, 5) is 28.0. The molecule has 2 aromatic carbocycles. The minimum Gasteiger partial charge on any atom is -0.491 e. The predicted molar refractivity (Wildman–Crippen MR) is 132 cm³/mol. The van der Waals surface area contributed by atoms with Crippen LogP contribution in [0.25, 0.3) is 0 Å². The van der Waals surface area contributed by atoms with Gasteiger partial charge in [0.25, 0.3) is 5.91 Å². The van der Waals surface area contributed by atoms with Crippen molar-refractivity contribution >= 4 is 17.5 Å². The van der Waals surface area contributed by atoms with Crippen LogP contribution in [0.1, 0.15) is 23.1 Å². The molecule has 34 heavy (non-hydrogen) atoms. The first-order valence-electron chi connectivity index (χ1n) is 11.8. The predicted octanol–water partition coefficient (Wildman–Crippen LogP) is 3.01. The lowest BCUT2D eigenvalue weighted by Gasteiger charge is -2.41. The number of anilines is 1. The van der Waals surface area contributed by atoms with E-state index in [4.69, 9.17) is 9.47 Å².